The predicted octanol–water partition coefficient (Wildman–Crippen LogP) is 15.1. The Morgan fingerprint density at radius 2 is 0.644 bits per heavy atom. The van der Waals surface area contributed by atoms with Crippen molar-refractivity contribution in [2.75, 3.05) is 96.6 Å². The van der Waals surface area contributed by atoms with E-state index in [9.17, 15) is 9.59 Å². The lowest BCUT2D eigenvalue weighted by atomic mass is 9.93. The SMILES string of the molecule is C.CCOC(=O)c1csc(C2CCN(c3ncc(CC)cn3)CC2)n1.CCc1cnc(N2CCC(C(C)=O)CC2)nc1.CCc1cnc(N2CCC(C(C)=S)CC2)nc1.CCc1cnc(N2CCC(c3nc(CC)cs3)CC2)nc1.CCc1cnc(N2CCC(c3nc(CC)cs3)CC2)nc1. The van der Waals surface area contributed by atoms with Crippen LogP contribution >= 0.6 is 46.2 Å². The predicted molar refractivity (Wildman–Crippen MR) is 416 cm³/mol. The van der Waals surface area contributed by atoms with Crippen LogP contribution in [-0.4, -0.2) is 153 Å². The molecule has 5 aliphatic rings. The summed E-state index contributed by atoms with van der Waals surface area (Å²) in [6, 6.07) is 0. The van der Waals surface area contributed by atoms with Crippen molar-refractivity contribution in [2.24, 2.45) is 11.8 Å². The van der Waals surface area contributed by atoms with Gasteiger partial charge in [0, 0.05) is 167 Å². The van der Waals surface area contributed by atoms with Crippen LogP contribution in [0.3, 0.4) is 0 Å². The summed E-state index contributed by atoms with van der Waals surface area (Å²) in [5.74, 6) is 6.65. The van der Waals surface area contributed by atoms with Gasteiger partial charge in [-0.2, -0.15) is 0 Å². The Morgan fingerprint density at radius 3 is 0.881 bits per heavy atom. The molecule has 5 fully saturated rings. The summed E-state index contributed by atoms with van der Waals surface area (Å²) in [4.78, 5) is 93.8. The van der Waals surface area contributed by atoms with Gasteiger partial charge in [-0.15, -0.1) is 34.0 Å². The van der Waals surface area contributed by atoms with Crippen molar-refractivity contribution < 1.29 is 14.3 Å². The van der Waals surface area contributed by atoms with Gasteiger partial charge >= 0.3 is 5.97 Å². The van der Waals surface area contributed by atoms with E-state index in [4.69, 9.17) is 26.9 Å². The number of Topliss-reactive ketones (excluding diaryl/α,β-unsaturated/α-hetero) is 1. The summed E-state index contributed by atoms with van der Waals surface area (Å²) in [7, 11) is 0. The van der Waals surface area contributed by atoms with Crippen molar-refractivity contribution >= 4 is 92.6 Å². The summed E-state index contributed by atoms with van der Waals surface area (Å²) >= 11 is 10.4. The fourth-order valence-electron chi connectivity index (χ4n) is 12.5. The molecule has 5 aliphatic heterocycles. The van der Waals surface area contributed by atoms with E-state index >= 15 is 0 Å². The zero-order valence-electron chi connectivity index (χ0n) is 60.6. The van der Waals surface area contributed by atoms with E-state index in [1.165, 1.54) is 38.1 Å². The molecule has 21 nitrogen and oxygen atoms in total. The van der Waals surface area contributed by atoms with Gasteiger partial charge in [-0.25, -0.2) is 69.6 Å². The number of ketones is 1. The minimum atomic E-state index is -0.332. The number of hydrogen-bond donors (Lipinski definition) is 0. The van der Waals surface area contributed by atoms with Crippen molar-refractivity contribution in [2.45, 2.75) is 204 Å². The highest BCUT2D eigenvalue weighted by Crippen LogP contribution is 2.35. The lowest BCUT2D eigenvalue weighted by Crippen LogP contribution is -2.36. The number of esters is 1. The Bertz CT molecular complexity index is 3520. The first-order valence-electron chi connectivity index (χ1n) is 36.5. The van der Waals surface area contributed by atoms with E-state index < -0.39 is 0 Å². The minimum Gasteiger partial charge on any atom is -0.461 e. The van der Waals surface area contributed by atoms with Crippen molar-refractivity contribution in [1.29, 1.82) is 0 Å². The molecule has 0 N–H and O–H groups in total. The molecule has 13 heterocycles. The number of ether oxygens (including phenoxy) is 1. The number of aryl methyl sites for hydroxylation is 7. The fourth-order valence-corrected chi connectivity index (χ4v) is 15.9. The third kappa shape index (κ3) is 23.3. The summed E-state index contributed by atoms with van der Waals surface area (Å²) in [5, 5.41) is 9.86. The number of carbonyl (C=O) groups excluding carboxylic acids is 2. The molecule has 101 heavy (non-hydrogen) atoms. The molecule has 25 heteroatoms. The maximum atomic E-state index is 11.7. The highest BCUT2D eigenvalue weighted by atomic mass is 32.1. The Morgan fingerprint density at radius 1 is 0.386 bits per heavy atom. The van der Waals surface area contributed by atoms with E-state index in [0.29, 0.717) is 41.8 Å². The minimum absolute atomic E-state index is 0. The van der Waals surface area contributed by atoms with E-state index in [0.717, 1.165) is 225 Å². The molecular formula is C76H108N18O3S4. The van der Waals surface area contributed by atoms with E-state index in [1.54, 1.807) is 30.6 Å². The summed E-state index contributed by atoms with van der Waals surface area (Å²) in [5.41, 5.74) is 8.80. The second-order valence-corrected chi connectivity index (χ2v) is 29.4. The van der Waals surface area contributed by atoms with Crippen LogP contribution in [-0.2, 0) is 54.5 Å². The fraction of sp³-hybridized carbons (Fsp3) is 0.579. The lowest BCUT2D eigenvalue weighted by molar-refractivity contribution is -0.121. The molecule has 5 saturated heterocycles. The zero-order valence-corrected chi connectivity index (χ0v) is 63.9. The lowest BCUT2D eigenvalue weighted by Gasteiger charge is -2.31. The Hall–Kier alpha value is -7.48. The van der Waals surface area contributed by atoms with Gasteiger partial charge in [0.05, 0.1) is 33.0 Å². The first-order chi connectivity index (χ1) is 48.7. The molecule has 0 aromatic carbocycles. The normalized spacial score (nSPS) is 16.3. The first kappa shape index (κ1) is 79.2. The number of aromatic nitrogens is 13. The van der Waals surface area contributed by atoms with E-state index in [2.05, 4.69) is 145 Å². The molecule has 8 aromatic heterocycles. The van der Waals surface area contributed by atoms with Gasteiger partial charge in [-0.1, -0.05) is 68.1 Å². The Kier molecular flexibility index (Phi) is 32.1. The van der Waals surface area contributed by atoms with Crippen LogP contribution in [0.15, 0.2) is 78.1 Å². The highest BCUT2D eigenvalue weighted by Gasteiger charge is 2.29. The monoisotopic (exact) mass is 1450 g/mol. The number of thiazole rings is 3. The number of rotatable bonds is 19. The number of thiocarbonyl (C=S) groups is 1. The van der Waals surface area contributed by atoms with Crippen molar-refractivity contribution in [3.63, 3.8) is 0 Å². The molecule has 13 rings (SSSR count). The zero-order chi connectivity index (χ0) is 70.8. The molecule has 0 saturated carbocycles. The van der Waals surface area contributed by atoms with Gasteiger partial charge in [0.2, 0.25) is 29.7 Å². The average Bonchev–Trinajstić information content (AvgIpc) is 1.98. The smallest absolute Gasteiger partial charge is 0.357 e. The maximum absolute atomic E-state index is 11.7. The van der Waals surface area contributed by atoms with Gasteiger partial charge < -0.3 is 29.2 Å². The van der Waals surface area contributed by atoms with Crippen LogP contribution in [0.2, 0.25) is 0 Å². The van der Waals surface area contributed by atoms with Crippen molar-refractivity contribution in [3.8, 4) is 0 Å². The number of piperidine rings is 5. The number of hydrogen-bond acceptors (Lipinski definition) is 25. The molecular weight excluding hydrogens is 1340 g/mol. The third-order valence-corrected chi connectivity index (χ3v) is 22.9. The molecule has 0 aliphatic carbocycles. The van der Waals surface area contributed by atoms with Gasteiger partial charge in [-0.3, -0.25) is 4.79 Å². The van der Waals surface area contributed by atoms with Crippen molar-refractivity contribution in [3.05, 3.63) is 138 Å². The molecule has 0 atom stereocenters. The van der Waals surface area contributed by atoms with Crippen LogP contribution in [0.5, 0.6) is 0 Å². The largest absolute Gasteiger partial charge is 0.461 e. The third-order valence-electron chi connectivity index (χ3n) is 19.5. The molecule has 0 spiro atoms. The Balaban J connectivity index is 0.000000161. The number of carbonyl (C=O) groups is 2. The second kappa shape index (κ2) is 41.0. The van der Waals surface area contributed by atoms with Crippen LogP contribution in [0.1, 0.15) is 223 Å². The quantitative estimate of drug-likeness (QED) is 0.0541. The van der Waals surface area contributed by atoms with Crippen LogP contribution < -0.4 is 24.5 Å². The molecule has 0 bridgehead atoms. The molecule has 0 amide bonds. The average molecular weight is 1450 g/mol. The molecule has 0 radical (unpaired) electrons. The summed E-state index contributed by atoms with van der Waals surface area (Å²) < 4.78 is 5.00. The van der Waals surface area contributed by atoms with Crippen molar-refractivity contribution in [1.82, 2.24) is 64.8 Å². The molecule has 8 aromatic rings. The van der Waals surface area contributed by atoms with Gasteiger partial charge in [0.1, 0.15) is 5.78 Å². The van der Waals surface area contributed by atoms with E-state index in [1.807, 2.05) is 84.6 Å². The van der Waals surface area contributed by atoms with E-state index in [-0.39, 0.29) is 19.3 Å². The second-order valence-electron chi connectivity index (χ2n) is 26.1. The Labute approximate surface area is 617 Å². The number of anilines is 5. The standard InChI is InChI=1S/C17H22N4O2S.2C16H22N4S.C13H19N3O.C13H19N3S.CH4/c1-3-12-9-18-17(19-10-12)21-7-5-13(6-8-21)15-20-14(11-24-15)16(22)23-4-2;2*1-3-12-9-17-16(18-10-12)20-7-5-13(6-8-20)15-19-14(4-2)11-21-15;2*1-3-11-8-14-13(15-9-11)16-6-4-12(5-7-16)10(2)17;/h9-11,13H,3-8H2,1-2H3;2*9-11,13H,3-8H2,1-2H3;2*8-9,12H,3-7H2,1-2H3;1H4. The topological polar surface area (TPSA) is 227 Å². The first-order valence-corrected chi connectivity index (χ1v) is 39.6. The van der Waals surface area contributed by atoms with Crippen LogP contribution in [0, 0.1) is 11.8 Å². The molecule has 0 unspecified atom stereocenters. The summed E-state index contributed by atoms with van der Waals surface area (Å²) in [6.07, 6.45) is 36.9. The van der Waals surface area contributed by atoms with Crippen LogP contribution in [0.25, 0.3) is 0 Å². The summed E-state index contributed by atoms with van der Waals surface area (Å²) in [6.45, 7) is 30.5. The highest BCUT2D eigenvalue weighted by molar-refractivity contribution is 7.80. The molecule has 544 valence electrons. The number of nitrogens with zero attached hydrogens (tertiary/aromatic N) is 18. The van der Waals surface area contributed by atoms with Crippen LogP contribution in [0.4, 0.5) is 29.7 Å². The van der Waals surface area contributed by atoms with Gasteiger partial charge in [0.15, 0.2) is 5.69 Å². The maximum Gasteiger partial charge on any atom is 0.357 e. The van der Waals surface area contributed by atoms with Gasteiger partial charge in [-0.05, 0) is 169 Å². The van der Waals surface area contributed by atoms with Gasteiger partial charge in [0.25, 0.3) is 0 Å².